The van der Waals surface area contributed by atoms with Crippen LogP contribution in [0.2, 0.25) is 0 Å². The van der Waals surface area contributed by atoms with Gasteiger partial charge in [0.1, 0.15) is 5.82 Å². The Morgan fingerprint density at radius 3 is 2.96 bits per heavy atom. The van der Waals surface area contributed by atoms with Crippen LogP contribution in [0.25, 0.3) is 10.9 Å². The molecule has 1 fully saturated rings. The number of benzene rings is 1. The zero-order chi connectivity index (χ0) is 18.0. The van der Waals surface area contributed by atoms with E-state index in [1.165, 1.54) is 12.1 Å². The van der Waals surface area contributed by atoms with Crippen LogP contribution < -0.4 is 4.90 Å². The Morgan fingerprint density at radius 1 is 1.48 bits per heavy atom. The van der Waals surface area contributed by atoms with Gasteiger partial charge in [0, 0.05) is 37.7 Å². The Balaban J connectivity index is 2.01. The van der Waals surface area contributed by atoms with Crippen LogP contribution in [-0.4, -0.2) is 48.9 Å². The number of anilines is 1. The lowest BCUT2D eigenvalue weighted by Gasteiger charge is -2.37. The maximum Gasteiger partial charge on any atom is 0.270 e. The second-order valence-electron chi connectivity index (χ2n) is 6.03. The number of fused-ring (bicyclic) bond motifs is 1. The van der Waals surface area contributed by atoms with Gasteiger partial charge in [0.25, 0.3) is 5.69 Å². The van der Waals surface area contributed by atoms with E-state index in [2.05, 4.69) is 16.0 Å². The molecule has 2 aromatic rings. The van der Waals surface area contributed by atoms with E-state index in [9.17, 15) is 15.4 Å². The molecule has 0 bridgehead atoms. The average molecular weight is 342 g/mol. The number of nitriles is 1. The molecule has 0 spiro atoms. The minimum Gasteiger partial charge on any atom is -0.382 e. The number of nitro groups is 1. The smallest absolute Gasteiger partial charge is 0.270 e. The van der Waals surface area contributed by atoms with E-state index >= 15 is 0 Å². The van der Waals surface area contributed by atoms with Gasteiger partial charge >= 0.3 is 0 Å². The van der Waals surface area contributed by atoms with Crippen molar-refractivity contribution in [3.8, 4) is 6.07 Å². The SMILES string of the molecule is COCC1CN(c2cc(C#N)c3cc([N+](=O)[O-])ccc3n2)CC(C)O1. The third kappa shape index (κ3) is 3.52. The highest BCUT2D eigenvalue weighted by Gasteiger charge is 2.27. The van der Waals surface area contributed by atoms with E-state index < -0.39 is 4.92 Å². The number of aromatic nitrogens is 1. The first-order chi connectivity index (χ1) is 12.0. The number of hydrogen-bond acceptors (Lipinski definition) is 7. The number of ether oxygens (including phenoxy) is 2. The van der Waals surface area contributed by atoms with E-state index in [1.807, 2.05) is 6.92 Å². The fourth-order valence-corrected chi connectivity index (χ4v) is 3.08. The molecule has 25 heavy (non-hydrogen) atoms. The average Bonchev–Trinajstić information content (AvgIpc) is 2.60. The maximum atomic E-state index is 11.0. The molecule has 0 radical (unpaired) electrons. The molecule has 1 aromatic carbocycles. The standard InChI is InChI=1S/C17H18N4O4/c1-11-8-20(9-14(25-11)10-24-2)17-5-12(7-18)15-6-13(21(22)23)3-4-16(15)19-17/h3-6,11,14H,8-10H2,1-2H3. The molecule has 2 unspecified atom stereocenters. The fraction of sp³-hybridized carbons (Fsp3) is 0.412. The second kappa shape index (κ2) is 7.01. The predicted molar refractivity (Wildman–Crippen MR) is 91.5 cm³/mol. The first kappa shape index (κ1) is 17.1. The predicted octanol–water partition coefficient (Wildman–Crippen LogP) is 2.25. The summed E-state index contributed by atoms with van der Waals surface area (Å²) in [7, 11) is 1.63. The minimum atomic E-state index is -0.479. The van der Waals surface area contributed by atoms with Crippen molar-refractivity contribution in [1.82, 2.24) is 4.98 Å². The van der Waals surface area contributed by atoms with Crippen molar-refractivity contribution in [2.75, 3.05) is 31.7 Å². The van der Waals surface area contributed by atoms with Crippen molar-refractivity contribution in [3.63, 3.8) is 0 Å². The van der Waals surface area contributed by atoms with Gasteiger partial charge in [0.05, 0.1) is 40.9 Å². The van der Waals surface area contributed by atoms with Crippen LogP contribution in [0.4, 0.5) is 11.5 Å². The van der Waals surface area contributed by atoms with Crippen molar-refractivity contribution in [1.29, 1.82) is 5.26 Å². The van der Waals surface area contributed by atoms with Crippen LogP contribution in [0.1, 0.15) is 12.5 Å². The van der Waals surface area contributed by atoms with Gasteiger partial charge in [-0.3, -0.25) is 10.1 Å². The minimum absolute atomic E-state index is 0.00814. The Kier molecular flexibility index (Phi) is 4.79. The number of non-ortho nitro benzene ring substituents is 1. The van der Waals surface area contributed by atoms with Crippen molar-refractivity contribution in [3.05, 3.63) is 39.9 Å². The summed E-state index contributed by atoms with van der Waals surface area (Å²) in [6.45, 7) is 3.71. The summed E-state index contributed by atoms with van der Waals surface area (Å²) >= 11 is 0. The van der Waals surface area contributed by atoms with E-state index in [0.29, 0.717) is 42.0 Å². The zero-order valence-corrected chi connectivity index (χ0v) is 14.0. The summed E-state index contributed by atoms with van der Waals surface area (Å²) in [4.78, 5) is 17.1. The van der Waals surface area contributed by atoms with E-state index in [1.54, 1.807) is 19.2 Å². The summed E-state index contributed by atoms with van der Waals surface area (Å²) in [6, 6.07) is 8.16. The molecule has 1 aliphatic heterocycles. The van der Waals surface area contributed by atoms with Crippen molar-refractivity contribution in [2.24, 2.45) is 0 Å². The Labute approximate surface area is 144 Å². The lowest BCUT2D eigenvalue weighted by Crippen LogP contribution is -2.48. The number of methoxy groups -OCH3 is 1. The molecule has 8 heteroatoms. The first-order valence-corrected chi connectivity index (χ1v) is 7.90. The Bertz CT molecular complexity index is 848. The highest BCUT2D eigenvalue weighted by Crippen LogP contribution is 2.27. The topological polar surface area (TPSA) is 102 Å². The van der Waals surface area contributed by atoms with Gasteiger partial charge in [-0.15, -0.1) is 0 Å². The molecule has 0 amide bonds. The van der Waals surface area contributed by atoms with Crippen LogP contribution in [0.5, 0.6) is 0 Å². The normalized spacial score (nSPS) is 20.4. The molecular formula is C17H18N4O4. The second-order valence-corrected chi connectivity index (χ2v) is 6.03. The van der Waals surface area contributed by atoms with Gasteiger partial charge in [-0.05, 0) is 19.1 Å². The zero-order valence-electron chi connectivity index (χ0n) is 14.0. The summed E-state index contributed by atoms with van der Waals surface area (Å²) in [5.74, 6) is 0.661. The molecular weight excluding hydrogens is 324 g/mol. The third-order valence-electron chi connectivity index (χ3n) is 4.11. The highest BCUT2D eigenvalue weighted by atomic mass is 16.6. The van der Waals surface area contributed by atoms with Crippen LogP contribution in [0.15, 0.2) is 24.3 Å². The van der Waals surface area contributed by atoms with Crippen molar-refractivity contribution in [2.45, 2.75) is 19.1 Å². The number of nitrogens with zero attached hydrogens (tertiary/aromatic N) is 4. The van der Waals surface area contributed by atoms with Crippen molar-refractivity contribution >= 4 is 22.4 Å². The van der Waals surface area contributed by atoms with E-state index in [4.69, 9.17) is 9.47 Å². The molecule has 2 atom stereocenters. The lowest BCUT2D eigenvalue weighted by molar-refractivity contribution is -0.384. The largest absolute Gasteiger partial charge is 0.382 e. The number of morpholine rings is 1. The molecule has 0 aliphatic carbocycles. The molecule has 0 saturated carbocycles. The summed E-state index contributed by atoms with van der Waals surface area (Å²) in [5.41, 5.74) is 0.868. The summed E-state index contributed by atoms with van der Waals surface area (Å²) < 4.78 is 11.0. The van der Waals surface area contributed by atoms with Gasteiger partial charge in [-0.1, -0.05) is 0 Å². The molecule has 1 aliphatic rings. The molecule has 1 saturated heterocycles. The number of nitro benzene ring substituents is 1. The molecule has 130 valence electrons. The van der Waals surface area contributed by atoms with Crippen LogP contribution >= 0.6 is 0 Å². The first-order valence-electron chi connectivity index (χ1n) is 7.90. The third-order valence-corrected chi connectivity index (χ3v) is 4.11. The van der Waals surface area contributed by atoms with E-state index in [0.717, 1.165) is 0 Å². The van der Waals surface area contributed by atoms with Gasteiger partial charge in [0.15, 0.2) is 0 Å². The lowest BCUT2D eigenvalue weighted by atomic mass is 10.1. The molecule has 0 N–H and O–H groups in total. The summed E-state index contributed by atoms with van der Waals surface area (Å²) in [6.07, 6.45) is -0.0672. The molecule has 8 nitrogen and oxygen atoms in total. The fourth-order valence-electron chi connectivity index (χ4n) is 3.08. The quantitative estimate of drug-likeness (QED) is 0.620. The Morgan fingerprint density at radius 2 is 2.28 bits per heavy atom. The molecule has 2 heterocycles. The van der Waals surface area contributed by atoms with Crippen LogP contribution in [-0.2, 0) is 9.47 Å². The van der Waals surface area contributed by atoms with Crippen LogP contribution in [0, 0.1) is 21.4 Å². The maximum absolute atomic E-state index is 11.0. The van der Waals surface area contributed by atoms with Crippen molar-refractivity contribution < 1.29 is 14.4 Å². The van der Waals surface area contributed by atoms with Gasteiger partial charge < -0.3 is 14.4 Å². The van der Waals surface area contributed by atoms with Gasteiger partial charge in [-0.2, -0.15) is 5.26 Å². The Hall–Kier alpha value is -2.76. The van der Waals surface area contributed by atoms with E-state index in [-0.39, 0.29) is 17.9 Å². The number of hydrogen-bond donors (Lipinski definition) is 0. The number of pyridine rings is 1. The number of rotatable bonds is 4. The van der Waals surface area contributed by atoms with Gasteiger partial charge in [0.2, 0.25) is 0 Å². The van der Waals surface area contributed by atoms with Crippen LogP contribution in [0.3, 0.4) is 0 Å². The van der Waals surface area contributed by atoms with Gasteiger partial charge in [-0.25, -0.2) is 4.98 Å². The monoisotopic (exact) mass is 342 g/mol. The molecule has 1 aromatic heterocycles. The highest BCUT2D eigenvalue weighted by molar-refractivity contribution is 5.88. The summed E-state index contributed by atoms with van der Waals surface area (Å²) in [5, 5.41) is 20.9. The molecule has 3 rings (SSSR count).